The lowest BCUT2D eigenvalue weighted by atomic mass is 9.97. The van der Waals surface area contributed by atoms with Crippen LogP contribution in [-0.4, -0.2) is 47.2 Å². The molecule has 0 aromatic heterocycles. The van der Waals surface area contributed by atoms with Gasteiger partial charge >= 0.3 is 5.97 Å². The number of hydrogen-bond donors (Lipinski definition) is 2. The zero-order valence-electron chi connectivity index (χ0n) is 18.1. The second kappa shape index (κ2) is 12.0. The minimum atomic E-state index is -0.854. The van der Waals surface area contributed by atoms with Gasteiger partial charge in [0, 0.05) is 6.42 Å². The van der Waals surface area contributed by atoms with Gasteiger partial charge in [-0.25, -0.2) is 9.86 Å². The normalized spacial score (nSPS) is 15.5. The topological polar surface area (TPSA) is 95.9 Å². The molecule has 1 aliphatic carbocycles. The van der Waals surface area contributed by atoms with Crippen LogP contribution >= 0.6 is 0 Å². The Hall–Kier alpha value is -3.19. The van der Waals surface area contributed by atoms with Crippen molar-refractivity contribution in [3.05, 3.63) is 71.8 Å². The van der Waals surface area contributed by atoms with Crippen molar-refractivity contribution in [1.29, 1.82) is 0 Å². The molecule has 0 unspecified atom stereocenters. The van der Waals surface area contributed by atoms with E-state index in [4.69, 9.17) is 4.74 Å². The van der Waals surface area contributed by atoms with Crippen LogP contribution in [0.3, 0.4) is 0 Å². The van der Waals surface area contributed by atoms with Crippen LogP contribution in [0.5, 0.6) is 0 Å². The maximum Gasteiger partial charge on any atom is 0.329 e. The van der Waals surface area contributed by atoms with E-state index in [9.17, 15) is 19.6 Å². The van der Waals surface area contributed by atoms with Gasteiger partial charge in [0.2, 0.25) is 12.3 Å². The van der Waals surface area contributed by atoms with E-state index in [-0.39, 0.29) is 19.1 Å². The van der Waals surface area contributed by atoms with Gasteiger partial charge in [-0.3, -0.25) is 14.8 Å². The molecule has 7 heteroatoms. The third-order valence-corrected chi connectivity index (χ3v) is 5.69. The third kappa shape index (κ3) is 7.20. The first-order valence-corrected chi connectivity index (χ1v) is 11.0. The van der Waals surface area contributed by atoms with E-state index in [0.717, 1.165) is 36.8 Å². The summed E-state index contributed by atoms with van der Waals surface area (Å²) in [4.78, 5) is 37.1. The van der Waals surface area contributed by atoms with E-state index in [1.807, 2.05) is 60.7 Å². The summed E-state index contributed by atoms with van der Waals surface area (Å²) in [6.45, 7) is -0.181. The number of nitrogens with one attached hydrogen (secondary N) is 1. The molecule has 0 saturated heterocycles. The molecule has 1 aliphatic rings. The second-order valence-corrected chi connectivity index (χ2v) is 8.21. The summed E-state index contributed by atoms with van der Waals surface area (Å²) < 4.78 is 5.68. The van der Waals surface area contributed by atoms with Gasteiger partial charge in [-0.1, -0.05) is 60.7 Å². The zero-order chi connectivity index (χ0) is 22.8. The highest BCUT2D eigenvalue weighted by Gasteiger charge is 2.30. The van der Waals surface area contributed by atoms with E-state index in [1.165, 1.54) is 0 Å². The van der Waals surface area contributed by atoms with Gasteiger partial charge in [0.1, 0.15) is 12.1 Å². The van der Waals surface area contributed by atoms with Crippen LogP contribution in [0, 0.1) is 5.92 Å². The molecular formula is C25H30N2O5. The summed E-state index contributed by atoms with van der Waals surface area (Å²) in [5.74, 6) is -1.60. The van der Waals surface area contributed by atoms with Crippen LogP contribution < -0.4 is 5.32 Å². The van der Waals surface area contributed by atoms with Crippen LogP contribution in [0.2, 0.25) is 0 Å². The maximum absolute atomic E-state index is 13.2. The first-order chi connectivity index (χ1) is 15.5. The van der Waals surface area contributed by atoms with E-state index in [1.54, 1.807) is 0 Å². The van der Waals surface area contributed by atoms with Crippen molar-refractivity contribution in [2.75, 3.05) is 6.54 Å². The molecule has 0 heterocycles. The summed E-state index contributed by atoms with van der Waals surface area (Å²) >= 11 is 0. The molecule has 2 N–H and O–H groups in total. The minimum Gasteiger partial charge on any atom is -0.461 e. The Balaban J connectivity index is 1.74. The lowest BCUT2D eigenvalue weighted by Gasteiger charge is -2.24. The molecule has 32 heavy (non-hydrogen) atoms. The smallest absolute Gasteiger partial charge is 0.329 e. The molecular weight excluding hydrogens is 408 g/mol. The molecule has 7 nitrogen and oxygen atoms in total. The number of carbonyl (C=O) groups is 3. The van der Waals surface area contributed by atoms with Gasteiger partial charge in [-0.2, -0.15) is 0 Å². The molecule has 1 fully saturated rings. The summed E-state index contributed by atoms with van der Waals surface area (Å²) in [7, 11) is 0. The fourth-order valence-electron chi connectivity index (χ4n) is 3.99. The SMILES string of the molecule is O=CN(O)C[C@H](Cc1ccccc1)C(=O)N[C@@H](Cc1ccccc1)C(=O)OC1CCCC1. The van der Waals surface area contributed by atoms with Crippen LogP contribution in [0.1, 0.15) is 36.8 Å². The number of rotatable bonds is 11. The fraction of sp³-hybridized carbons (Fsp3) is 0.400. The highest BCUT2D eigenvalue weighted by atomic mass is 16.5. The number of hydroxylamine groups is 2. The summed E-state index contributed by atoms with van der Waals surface area (Å²) in [5, 5.41) is 13.0. The van der Waals surface area contributed by atoms with Crippen LogP contribution in [0.15, 0.2) is 60.7 Å². The number of hydrogen-bond acceptors (Lipinski definition) is 5. The number of carbonyl (C=O) groups excluding carboxylic acids is 3. The molecule has 1 saturated carbocycles. The molecule has 170 valence electrons. The standard InChI is InChI=1S/C25H30N2O5/c28-18-27(31)17-21(15-19-9-3-1-4-10-19)24(29)26-23(16-20-11-5-2-6-12-20)25(30)32-22-13-7-8-14-22/h1-6,9-12,18,21-23,31H,7-8,13-17H2,(H,26,29)/t21-,23-/m0/s1. The summed E-state index contributed by atoms with van der Waals surface area (Å²) in [5.41, 5.74) is 1.79. The molecule has 3 rings (SSSR count). The summed E-state index contributed by atoms with van der Waals surface area (Å²) in [6, 6.07) is 17.9. The lowest BCUT2D eigenvalue weighted by Crippen LogP contribution is -2.48. The highest BCUT2D eigenvalue weighted by Crippen LogP contribution is 2.22. The average Bonchev–Trinajstić information content (AvgIpc) is 3.32. The minimum absolute atomic E-state index is 0.110. The highest BCUT2D eigenvalue weighted by molar-refractivity contribution is 5.86. The van der Waals surface area contributed by atoms with Gasteiger partial charge in [0.15, 0.2) is 0 Å². The van der Waals surface area contributed by atoms with Gasteiger partial charge in [0.05, 0.1) is 12.5 Å². The molecule has 2 amide bonds. The largest absolute Gasteiger partial charge is 0.461 e. The molecule has 2 atom stereocenters. The fourth-order valence-corrected chi connectivity index (χ4v) is 3.99. The van der Waals surface area contributed by atoms with Gasteiger partial charge < -0.3 is 10.1 Å². The maximum atomic E-state index is 13.2. The van der Waals surface area contributed by atoms with Crippen LogP contribution in [-0.2, 0) is 32.0 Å². The van der Waals surface area contributed by atoms with Gasteiger partial charge in [-0.05, 0) is 43.2 Å². The van der Waals surface area contributed by atoms with Crippen molar-refractivity contribution in [3.8, 4) is 0 Å². The number of amides is 2. The Morgan fingerprint density at radius 3 is 2.12 bits per heavy atom. The number of ether oxygens (including phenoxy) is 1. The molecule has 0 spiro atoms. The van der Waals surface area contributed by atoms with E-state index >= 15 is 0 Å². The Kier molecular flexibility index (Phi) is 8.80. The van der Waals surface area contributed by atoms with E-state index in [2.05, 4.69) is 5.32 Å². The Bertz CT molecular complexity index is 868. The monoisotopic (exact) mass is 438 g/mol. The third-order valence-electron chi connectivity index (χ3n) is 5.69. The van der Waals surface area contributed by atoms with Crippen molar-refractivity contribution < 1.29 is 24.3 Å². The van der Waals surface area contributed by atoms with Crippen molar-refractivity contribution in [1.82, 2.24) is 10.4 Å². The lowest BCUT2D eigenvalue weighted by molar-refractivity contribution is -0.157. The Labute approximate surface area is 188 Å². The first kappa shape index (κ1) is 23.5. The quantitative estimate of drug-likeness (QED) is 0.243. The van der Waals surface area contributed by atoms with Crippen molar-refractivity contribution >= 4 is 18.3 Å². The van der Waals surface area contributed by atoms with Crippen LogP contribution in [0.4, 0.5) is 0 Å². The molecule has 0 bridgehead atoms. The first-order valence-electron chi connectivity index (χ1n) is 11.0. The van der Waals surface area contributed by atoms with Crippen molar-refractivity contribution in [2.45, 2.75) is 50.7 Å². The van der Waals surface area contributed by atoms with Crippen molar-refractivity contribution in [3.63, 3.8) is 0 Å². The molecule has 0 aliphatic heterocycles. The average molecular weight is 439 g/mol. The Morgan fingerprint density at radius 1 is 1.00 bits per heavy atom. The van der Waals surface area contributed by atoms with E-state index < -0.39 is 23.8 Å². The van der Waals surface area contributed by atoms with Gasteiger partial charge in [-0.15, -0.1) is 0 Å². The molecule has 2 aromatic carbocycles. The van der Waals surface area contributed by atoms with E-state index in [0.29, 0.717) is 17.9 Å². The predicted molar refractivity (Wildman–Crippen MR) is 119 cm³/mol. The zero-order valence-corrected chi connectivity index (χ0v) is 18.1. The number of esters is 1. The van der Waals surface area contributed by atoms with Crippen molar-refractivity contribution in [2.24, 2.45) is 5.92 Å². The Morgan fingerprint density at radius 2 is 1.56 bits per heavy atom. The summed E-state index contributed by atoms with van der Waals surface area (Å²) in [6.07, 6.45) is 4.51. The predicted octanol–water partition coefficient (Wildman–Crippen LogP) is 2.91. The van der Waals surface area contributed by atoms with Crippen LogP contribution in [0.25, 0.3) is 0 Å². The number of nitrogens with zero attached hydrogens (tertiary/aromatic N) is 1. The molecule has 0 radical (unpaired) electrons. The molecule has 2 aromatic rings. The second-order valence-electron chi connectivity index (χ2n) is 8.21. The number of benzene rings is 2. The van der Waals surface area contributed by atoms with Gasteiger partial charge in [0.25, 0.3) is 0 Å².